The highest BCUT2D eigenvalue weighted by Gasteiger charge is 2.40. The minimum absolute atomic E-state index is 0.0299. The van der Waals surface area contributed by atoms with Gasteiger partial charge in [0.05, 0.1) is 12.2 Å². The van der Waals surface area contributed by atoms with Crippen LogP contribution in [0.4, 0.5) is 0 Å². The summed E-state index contributed by atoms with van der Waals surface area (Å²) in [4.78, 5) is 37.3. The second-order valence-electron chi connectivity index (χ2n) is 9.28. The van der Waals surface area contributed by atoms with Crippen molar-refractivity contribution in [1.82, 2.24) is 10.6 Å². The van der Waals surface area contributed by atoms with Gasteiger partial charge < -0.3 is 25.8 Å². The van der Waals surface area contributed by atoms with Gasteiger partial charge in [0, 0.05) is 12.5 Å². The van der Waals surface area contributed by atoms with Crippen LogP contribution in [0.1, 0.15) is 88.0 Å². The van der Waals surface area contributed by atoms with Crippen molar-refractivity contribution in [3.63, 3.8) is 0 Å². The van der Waals surface area contributed by atoms with Gasteiger partial charge in [-0.2, -0.15) is 0 Å². The molecule has 0 saturated heterocycles. The number of rotatable bonds is 14. The molecule has 0 saturated carbocycles. The van der Waals surface area contributed by atoms with Crippen LogP contribution in [0.2, 0.25) is 0 Å². The van der Waals surface area contributed by atoms with Crippen LogP contribution in [0, 0.1) is 5.41 Å². The van der Waals surface area contributed by atoms with Gasteiger partial charge in [0.25, 0.3) is 5.91 Å². The SMILES string of the molecule is CCCC(C)(C)C(C)NC(=O)C(CCC(N)=O)NC(=O)C(C)(OC(C)C)OC(C)C. The quantitative estimate of drug-likeness (QED) is 0.367. The minimum atomic E-state index is -1.57. The summed E-state index contributed by atoms with van der Waals surface area (Å²) < 4.78 is 11.5. The second-order valence-corrected chi connectivity index (χ2v) is 9.28. The number of nitrogens with one attached hydrogen (secondary N) is 2. The Morgan fingerprint density at radius 1 is 0.933 bits per heavy atom. The molecule has 0 aliphatic carbocycles. The highest BCUT2D eigenvalue weighted by molar-refractivity contribution is 5.91. The third kappa shape index (κ3) is 9.89. The van der Waals surface area contributed by atoms with E-state index >= 15 is 0 Å². The Bertz CT molecular complexity index is 565. The summed E-state index contributed by atoms with van der Waals surface area (Å²) in [5, 5.41) is 5.68. The Morgan fingerprint density at radius 3 is 1.83 bits per heavy atom. The molecule has 2 atom stereocenters. The third-order valence-corrected chi connectivity index (χ3v) is 5.06. The largest absolute Gasteiger partial charge is 0.370 e. The molecule has 30 heavy (non-hydrogen) atoms. The van der Waals surface area contributed by atoms with Crippen LogP contribution < -0.4 is 16.4 Å². The molecule has 8 heteroatoms. The lowest BCUT2D eigenvalue weighted by atomic mass is 9.81. The molecule has 0 aliphatic rings. The van der Waals surface area contributed by atoms with Crippen molar-refractivity contribution in [3.05, 3.63) is 0 Å². The van der Waals surface area contributed by atoms with Crippen molar-refractivity contribution >= 4 is 17.7 Å². The monoisotopic (exact) mass is 429 g/mol. The number of amides is 3. The zero-order valence-corrected chi connectivity index (χ0v) is 20.3. The summed E-state index contributed by atoms with van der Waals surface area (Å²) in [7, 11) is 0. The first-order chi connectivity index (χ1) is 13.6. The highest BCUT2D eigenvalue weighted by Crippen LogP contribution is 2.26. The van der Waals surface area contributed by atoms with E-state index in [9.17, 15) is 14.4 Å². The number of nitrogens with two attached hydrogens (primary N) is 1. The molecule has 0 bridgehead atoms. The van der Waals surface area contributed by atoms with Gasteiger partial charge in [0.15, 0.2) is 0 Å². The molecule has 3 amide bonds. The number of hydrogen-bond acceptors (Lipinski definition) is 5. The maximum atomic E-state index is 13.0. The van der Waals surface area contributed by atoms with E-state index in [-0.39, 0.29) is 42.4 Å². The van der Waals surface area contributed by atoms with Crippen LogP contribution in [0.3, 0.4) is 0 Å². The van der Waals surface area contributed by atoms with E-state index in [1.807, 2.05) is 6.92 Å². The maximum Gasteiger partial charge on any atom is 0.280 e. The van der Waals surface area contributed by atoms with Gasteiger partial charge in [0.2, 0.25) is 17.6 Å². The van der Waals surface area contributed by atoms with Crippen LogP contribution in [-0.4, -0.2) is 47.8 Å². The highest BCUT2D eigenvalue weighted by atomic mass is 16.7. The van der Waals surface area contributed by atoms with Gasteiger partial charge in [0.1, 0.15) is 6.04 Å². The Kier molecular flexibility index (Phi) is 11.6. The van der Waals surface area contributed by atoms with Crippen LogP contribution in [0.5, 0.6) is 0 Å². The number of carbonyl (C=O) groups is 3. The molecule has 176 valence electrons. The lowest BCUT2D eigenvalue weighted by molar-refractivity contribution is -0.247. The molecular weight excluding hydrogens is 386 g/mol. The fourth-order valence-corrected chi connectivity index (χ4v) is 3.25. The van der Waals surface area contributed by atoms with Gasteiger partial charge in [-0.25, -0.2) is 0 Å². The first-order valence-electron chi connectivity index (χ1n) is 10.9. The van der Waals surface area contributed by atoms with Gasteiger partial charge in [-0.05, 0) is 59.8 Å². The molecule has 0 aromatic carbocycles. The van der Waals surface area contributed by atoms with Crippen LogP contribution in [0.15, 0.2) is 0 Å². The number of hydrogen-bond donors (Lipinski definition) is 3. The molecule has 0 fully saturated rings. The van der Waals surface area contributed by atoms with Crippen LogP contribution >= 0.6 is 0 Å². The topological polar surface area (TPSA) is 120 Å². The average molecular weight is 430 g/mol. The fourth-order valence-electron chi connectivity index (χ4n) is 3.25. The van der Waals surface area contributed by atoms with Gasteiger partial charge in [-0.3, -0.25) is 14.4 Å². The number of primary amides is 1. The first kappa shape index (κ1) is 28.3. The van der Waals surface area contributed by atoms with Gasteiger partial charge in [-0.1, -0.05) is 27.2 Å². The predicted molar refractivity (Wildman–Crippen MR) is 117 cm³/mol. The molecule has 0 aliphatic heterocycles. The Balaban J connectivity index is 5.51. The van der Waals surface area contributed by atoms with E-state index in [1.54, 1.807) is 27.7 Å². The third-order valence-electron chi connectivity index (χ3n) is 5.06. The molecular formula is C22H43N3O5. The maximum absolute atomic E-state index is 13.0. The number of ether oxygens (including phenoxy) is 2. The fraction of sp³-hybridized carbons (Fsp3) is 0.864. The average Bonchev–Trinajstić information content (AvgIpc) is 2.56. The van der Waals surface area contributed by atoms with E-state index < -0.39 is 23.6 Å². The predicted octanol–water partition coefficient (Wildman–Crippen LogP) is 2.63. The van der Waals surface area contributed by atoms with Crippen LogP contribution in [0.25, 0.3) is 0 Å². The molecule has 0 aromatic heterocycles. The zero-order valence-electron chi connectivity index (χ0n) is 20.3. The summed E-state index contributed by atoms with van der Waals surface area (Å²) in [5.74, 6) is -3.05. The van der Waals surface area contributed by atoms with Crippen molar-refractivity contribution in [2.24, 2.45) is 11.1 Å². The van der Waals surface area contributed by atoms with E-state index in [4.69, 9.17) is 15.2 Å². The summed E-state index contributed by atoms with van der Waals surface area (Å²) in [6.07, 6.45) is 1.45. The standard InChI is InChI=1S/C22H43N3O5/c1-10-13-21(7,8)16(6)24-19(27)17(11-12-18(23)26)25-20(28)22(9,29-14(2)3)30-15(4)5/h14-17H,10-13H2,1-9H3,(H2,23,26)(H,24,27)(H,25,28). The van der Waals surface area contributed by atoms with Crippen molar-refractivity contribution in [2.75, 3.05) is 0 Å². The van der Waals surface area contributed by atoms with E-state index in [1.165, 1.54) is 6.92 Å². The second kappa shape index (κ2) is 12.2. The minimum Gasteiger partial charge on any atom is -0.370 e. The molecule has 0 spiro atoms. The van der Waals surface area contributed by atoms with E-state index in [0.29, 0.717) is 0 Å². The van der Waals surface area contributed by atoms with Gasteiger partial charge in [-0.15, -0.1) is 0 Å². The molecule has 0 heterocycles. The molecule has 0 aromatic rings. The molecule has 0 rings (SSSR count). The normalized spacial score (nSPS) is 14.5. The van der Waals surface area contributed by atoms with Crippen molar-refractivity contribution in [2.45, 2.75) is 118 Å². The summed E-state index contributed by atoms with van der Waals surface area (Å²) in [6, 6.07) is -1.06. The Morgan fingerprint density at radius 2 is 1.43 bits per heavy atom. The molecule has 8 nitrogen and oxygen atoms in total. The lowest BCUT2D eigenvalue weighted by Crippen LogP contribution is -2.58. The summed E-state index contributed by atoms with van der Waals surface area (Å²) in [6.45, 7) is 16.9. The summed E-state index contributed by atoms with van der Waals surface area (Å²) in [5.41, 5.74) is 5.15. The van der Waals surface area contributed by atoms with Gasteiger partial charge >= 0.3 is 0 Å². The molecule has 0 radical (unpaired) electrons. The zero-order chi connectivity index (χ0) is 23.7. The van der Waals surface area contributed by atoms with Crippen molar-refractivity contribution in [3.8, 4) is 0 Å². The number of carbonyl (C=O) groups excluding carboxylic acids is 3. The summed E-state index contributed by atoms with van der Waals surface area (Å²) >= 11 is 0. The Hall–Kier alpha value is -1.67. The molecule has 2 unspecified atom stereocenters. The van der Waals surface area contributed by atoms with Crippen molar-refractivity contribution < 1.29 is 23.9 Å². The smallest absolute Gasteiger partial charge is 0.280 e. The van der Waals surface area contributed by atoms with Crippen LogP contribution in [-0.2, 0) is 23.9 Å². The lowest BCUT2D eigenvalue weighted by Gasteiger charge is -2.35. The van der Waals surface area contributed by atoms with E-state index in [0.717, 1.165) is 12.8 Å². The van der Waals surface area contributed by atoms with Crippen molar-refractivity contribution in [1.29, 1.82) is 0 Å². The Labute approximate surface area is 182 Å². The van der Waals surface area contributed by atoms with E-state index in [2.05, 4.69) is 31.4 Å². The first-order valence-corrected chi connectivity index (χ1v) is 10.9. The molecule has 4 N–H and O–H groups in total.